The molecule has 0 saturated heterocycles. The maximum atomic E-state index is 9.33. The number of hydrogen-bond acceptors (Lipinski definition) is 7. The Morgan fingerprint density at radius 2 is 2.11 bits per heavy atom. The Bertz CT molecular complexity index is 394. The van der Waals surface area contributed by atoms with E-state index >= 15 is 0 Å². The van der Waals surface area contributed by atoms with Crippen molar-refractivity contribution >= 4 is 5.76 Å². The Morgan fingerprint density at radius 3 is 2.68 bits per heavy atom. The summed E-state index contributed by atoms with van der Waals surface area (Å²) in [5.41, 5.74) is 5.48. The van der Waals surface area contributed by atoms with Crippen LogP contribution in [0, 0.1) is 0 Å². The summed E-state index contributed by atoms with van der Waals surface area (Å²) in [6.07, 6.45) is 3.92. The van der Waals surface area contributed by atoms with Crippen LogP contribution >= 0.6 is 0 Å². The van der Waals surface area contributed by atoms with Gasteiger partial charge in [0.05, 0.1) is 19.0 Å². The van der Waals surface area contributed by atoms with E-state index in [1.807, 2.05) is 7.05 Å². The van der Waals surface area contributed by atoms with Gasteiger partial charge in [0.1, 0.15) is 12.3 Å². The lowest BCUT2D eigenvalue weighted by atomic mass is 10.4. The summed E-state index contributed by atoms with van der Waals surface area (Å²) < 4.78 is 10.4. The second-order valence-corrected chi connectivity index (χ2v) is 3.94. The lowest BCUT2D eigenvalue weighted by molar-refractivity contribution is 0.149. The largest absolute Gasteiger partial charge is 0.504 e. The molecule has 0 saturated carbocycles. The van der Waals surface area contributed by atoms with Gasteiger partial charge in [-0.15, -0.1) is 0 Å². The van der Waals surface area contributed by atoms with E-state index in [-0.39, 0.29) is 5.76 Å². The van der Waals surface area contributed by atoms with Gasteiger partial charge in [-0.3, -0.25) is 0 Å². The van der Waals surface area contributed by atoms with E-state index in [0.717, 1.165) is 19.3 Å². The molecule has 0 radical (unpaired) electrons. The Balaban J connectivity index is 2.34. The van der Waals surface area contributed by atoms with E-state index in [2.05, 4.69) is 14.9 Å². The van der Waals surface area contributed by atoms with Gasteiger partial charge in [-0.1, -0.05) is 0 Å². The monoisotopic (exact) mass is 268 g/mol. The van der Waals surface area contributed by atoms with Crippen molar-refractivity contribution in [2.24, 2.45) is 5.73 Å². The molecule has 0 aliphatic rings. The molecule has 0 atom stereocenters. The molecule has 0 amide bonds. The van der Waals surface area contributed by atoms with E-state index in [4.69, 9.17) is 15.2 Å². The molecule has 0 fully saturated rings. The zero-order valence-corrected chi connectivity index (χ0v) is 11.2. The number of rotatable bonds is 8. The number of ether oxygens (including phenoxy) is 2. The van der Waals surface area contributed by atoms with Gasteiger partial charge in [0.25, 0.3) is 0 Å². The van der Waals surface area contributed by atoms with Crippen molar-refractivity contribution in [2.75, 3.05) is 40.5 Å². The molecule has 106 valence electrons. The van der Waals surface area contributed by atoms with Crippen LogP contribution in [0.15, 0.2) is 18.6 Å². The summed E-state index contributed by atoms with van der Waals surface area (Å²) in [5.74, 6) is 0.298. The van der Waals surface area contributed by atoms with Crippen LogP contribution in [0.25, 0.3) is 5.76 Å². The fraction of sp³-hybridized carbons (Fsp3) is 0.500. The maximum absolute atomic E-state index is 9.33. The molecule has 0 aromatic carbocycles. The Kier molecular flexibility index (Phi) is 6.62. The van der Waals surface area contributed by atoms with Gasteiger partial charge in [0.15, 0.2) is 5.76 Å². The van der Waals surface area contributed by atoms with Crippen LogP contribution < -0.4 is 10.5 Å². The van der Waals surface area contributed by atoms with Crippen molar-refractivity contribution in [1.82, 2.24) is 14.9 Å². The Labute approximate surface area is 112 Å². The minimum absolute atomic E-state index is 0.113. The minimum Gasteiger partial charge on any atom is -0.504 e. The number of nitrogens with two attached hydrogens (primary N) is 1. The summed E-state index contributed by atoms with van der Waals surface area (Å²) in [6, 6.07) is 0. The first-order chi connectivity index (χ1) is 9.17. The highest BCUT2D eigenvalue weighted by Crippen LogP contribution is 2.09. The van der Waals surface area contributed by atoms with Gasteiger partial charge < -0.3 is 25.2 Å². The summed E-state index contributed by atoms with van der Waals surface area (Å²) in [7, 11) is 3.66. The van der Waals surface area contributed by atoms with Gasteiger partial charge in [-0.25, -0.2) is 9.97 Å². The summed E-state index contributed by atoms with van der Waals surface area (Å²) >= 11 is 0. The number of likely N-dealkylation sites (N-methyl/N-ethyl adjacent to an activating group) is 1. The molecule has 0 unspecified atom stereocenters. The highest BCUT2D eigenvalue weighted by Gasteiger charge is 2.03. The molecule has 0 spiro atoms. The molecule has 7 heteroatoms. The molecule has 1 aromatic heterocycles. The average molecular weight is 268 g/mol. The highest BCUT2D eigenvalue weighted by molar-refractivity contribution is 5.52. The van der Waals surface area contributed by atoms with Gasteiger partial charge in [0, 0.05) is 26.4 Å². The van der Waals surface area contributed by atoms with Crippen LogP contribution in [0.2, 0.25) is 0 Å². The SMILES string of the molecule is COCCN(C)CCOc1cnc(/C(O)=C\N)cn1. The molecular formula is C12H20N4O3. The lowest BCUT2D eigenvalue weighted by Gasteiger charge is -2.15. The second kappa shape index (κ2) is 8.28. The van der Waals surface area contributed by atoms with Crippen LogP contribution in [0.5, 0.6) is 5.88 Å². The standard InChI is InChI=1S/C12H20N4O3/c1-16(3-5-18-2)4-6-19-12-9-14-10(8-15-12)11(17)7-13/h7-9,17H,3-6,13H2,1-2H3/b11-7+. The first kappa shape index (κ1) is 15.2. The van der Waals surface area contributed by atoms with Gasteiger partial charge >= 0.3 is 0 Å². The van der Waals surface area contributed by atoms with Crippen molar-refractivity contribution in [3.63, 3.8) is 0 Å². The molecule has 19 heavy (non-hydrogen) atoms. The van der Waals surface area contributed by atoms with Gasteiger partial charge in [-0.2, -0.15) is 0 Å². The number of nitrogens with zero attached hydrogens (tertiary/aromatic N) is 3. The fourth-order valence-corrected chi connectivity index (χ4v) is 1.27. The molecule has 1 heterocycles. The molecule has 7 nitrogen and oxygen atoms in total. The van der Waals surface area contributed by atoms with Crippen molar-refractivity contribution in [1.29, 1.82) is 0 Å². The van der Waals surface area contributed by atoms with Crippen LogP contribution in [0.4, 0.5) is 0 Å². The van der Waals surface area contributed by atoms with E-state index < -0.39 is 0 Å². The van der Waals surface area contributed by atoms with E-state index in [9.17, 15) is 5.11 Å². The molecule has 1 aromatic rings. The maximum Gasteiger partial charge on any atom is 0.232 e. The Morgan fingerprint density at radius 1 is 1.37 bits per heavy atom. The van der Waals surface area contributed by atoms with E-state index in [1.165, 1.54) is 12.4 Å². The molecule has 0 aliphatic heterocycles. The average Bonchev–Trinajstić information content (AvgIpc) is 2.45. The number of methoxy groups -OCH3 is 1. The van der Waals surface area contributed by atoms with Crippen molar-refractivity contribution in [3.8, 4) is 5.88 Å². The predicted octanol–water partition coefficient (Wildman–Crippen LogP) is 0.249. The third kappa shape index (κ3) is 5.54. The van der Waals surface area contributed by atoms with Gasteiger partial charge in [0.2, 0.25) is 5.88 Å². The van der Waals surface area contributed by atoms with Crippen molar-refractivity contribution < 1.29 is 14.6 Å². The quantitative estimate of drug-likeness (QED) is 0.653. The first-order valence-corrected chi connectivity index (χ1v) is 5.91. The van der Waals surface area contributed by atoms with Crippen LogP contribution in [0.3, 0.4) is 0 Å². The summed E-state index contributed by atoms with van der Waals surface area (Å²) in [6.45, 7) is 2.81. The van der Waals surface area contributed by atoms with Crippen molar-refractivity contribution in [3.05, 3.63) is 24.3 Å². The van der Waals surface area contributed by atoms with Crippen LogP contribution in [-0.4, -0.2) is 60.4 Å². The van der Waals surface area contributed by atoms with Crippen molar-refractivity contribution in [2.45, 2.75) is 0 Å². The molecule has 3 N–H and O–H groups in total. The molecular weight excluding hydrogens is 248 g/mol. The smallest absolute Gasteiger partial charge is 0.232 e. The zero-order chi connectivity index (χ0) is 14.1. The molecule has 0 bridgehead atoms. The third-order valence-electron chi connectivity index (χ3n) is 2.45. The first-order valence-electron chi connectivity index (χ1n) is 5.91. The minimum atomic E-state index is -0.113. The number of aliphatic hydroxyl groups is 1. The topological polar surface area (TPSA) is 93.7 Å². The van der Waals surface area contributed by atoms with E-state index in [0.29, 0.717) is 24.8 Å². The number of aromatic nitrogens is 2. The van der Waals surface area contributed by atoms with Gasteiger partial charge in [-0.05, 0) is 7.05 Å². The molecule has 0 aliphatic carbocycles. The molecule has 1 rings (SSSR count). The fourth-order valence-electron chi connectivity index (χ4n) is 1.27. The highest BCUT2D eigenvalue weighted by atomic mass is 16.5. The van der Waals surface area contributed by atoms with Crippen LogP contribution in [-0.2, 0) is 4.74 Å². The second-order valence-electron chi connectivity index (χ2n) is 3.94. The van der Waals surface area contributed by atoms with Crippen LogP contribution in [0.1, 0.15) is 5.69 Å². The summed E-state index contributed by atoms with van der Waals surface area (Å²) in [5, 5.41) is 9.33. The predicted molar refractivity (Wildman–Crippen MR) is 71.7 cm³/mol. The number of hydrogen-bond donors (Lipinski definition) is 2. The summed E-state index contributed by atoms with van der Waals surface area (Å²) in [4.78, 5) is 10.1. The lowest BCUT2D eigenvalue weighted by Crippen LogP contribution is -2.27. The number of aliphatic hydroxyl groups excluding tert-OH is 1. The third-order valence-corrected chi connectivity index (χ3v) is 2.45. The zero-order valence-electron chi connectivity index (χ0n) is 11.2. The normalized spacial score (nSPS) is 11.8. The Hall–Kier alpha value is -1.86. The van der Waals surface area contributed by atoms with E-state index in [1.54, 1.807) is 7.11 Å².